The number of likely N-dealkylation sites (tertiary alicyclic amines) is 1. The molecule has 12 nitrogen and oxygen atoms in total. The molecule has 2 aliphatic rings. The van der Waals surface area contributed by atoms with Gasteiger partial charge in [-0.25, -0.2) is 0 Å². The maximum Gasteiger partial charge on any atom is 0.326 e. The van der Waals surface area contributed by atoms with E-state index < -0.39 is 23.7 Å². The Morgan fingerprint density at radius 1 is 1.18 bits per heavy atom. The third-order valence-corrected chi connectivity index (χ3v) is 10.6. The molecule has 55 heavy (non-hydrogen) atoms. The van der Waals surface area contributed by atoms with E-state index in [1.165, 1.54) is 13.1 Å². The predicted molar refractivity (Wildman–Crippen MR) is 210 cm³/mol. The van der Waals surface area contributed by atoms with E-state index in [4.69, 9.17) is 25.8 Å². The number of hydrogen-bond acceptors (Lipinski definition) is 10. The number of halogens is 1. The summed E-state index contributed by atoms with van der Waals surface area (Å²) in [4.78, 5) is 29.9. The van der Waals surface area contributed by atoms with E-state index in [1.807, 2.05) is 24.3 Å². The van der Waals surface area contributed by atoms with Crippen molar-refractivity contribution in [2.45, 2.75) is 70.9 Å². The molecule has 13 heteroatoms. The van der Waals surface area contributed by atoms with Crippen molar-refractivity contribution in [3.63, 3.8) is 0 Å². The minimum Gasteiger partial charge on any atom is -0.489 e. The summed E-state index contributed by atoms with van der Waals surface area (Å²) in [7, 11) is 0. The number of pyridine rings is 1. The van der Waals surface area contributed by atoms with Gasteiger partial charge in [0.2, 0.25) is 5.91 Å². The molecule has 4 atom stereocenters. The van der Waals surface area contributed by atoms with Crippen LogP contribution < -0.4 is 20.1 Å². The number of benzene rings is 2. The van der Waals surface area contributed by atoms with Crippen LogP contribution in [0, 0.1) is 24.2 Å². The highest BCUT2D eigenvalue weighted by Crippen LogP contribution is 2.41. The number of allylic oxidation sites excluding steroid dienone is 2. The number of nitrogens with one attached hydrogen (secondary N) is 2. The smallest absolute Gasteiger partial charge is 0.326 e. The molecule has 0 saturated carbocycles. The van der Waals surface area contributed by atoms with E-state index in [9.17, 15) is 25.1 Å². The third kappa shape index (κ3) is 10.5. The Morgan fingerprint density at radius 2 is 1.98 bits per heavy atom. The number of aryl methyl sites for hydroxylation is 1. The number of aliphatic carboxylic acids is 1. The van der Waals surface area contributed by atoms with Gasteiger partial charge in [-0.05, 0) is 61.6 Å². The standard InChI is InChI=1S/C42H50ClN5O7/c1-28-9-5-6-10-35(28)36-11-7-13-42(29(36)2,55-16-8-14-48-15-12-34(24-48)47-30(3)50)27-54-39-19-38(53-25-32-17-31(20-44)21-45-22-32)33(18-37(39)43)23-46-41(4,26-49)40(51)52/h5-7,9-11,13,17-19,21-22,29,34,46,49H,8,12,14-16,23-27H2,1-4H3,(H,47,50)(H,51,52)/t29?,34-,41?,42?/m1/s1. The fourth-order valence-electron chi connectivity index (χ4n) is 6.89. The first-order valence-corrected chi connectivity index (χ1v) is 18.8. The van der Waals surface area contributed by atoms with Crippen molar-refractivity contribution in [1.29, 1.82) is 5.26 Å². The van der Waals surface area contributed by atoms with Crippen molar-refractivity contribution in [2.75, 3.05) is 39.5 Å². The van der Waals surface area contributed by atoms with Gasteiger partial charge in [0.25, 0.3) is 0 Å². The topological polar surface area (TPSA) is 166 Å². The van der Waals surface area contributed by atoms with Crippen LogP contribution in [-0.4, -0.2) is 88.6 Å². The van der Waals surface area contributed by atoms with Gasteiger partial charge in [0.1, 0.15) is 41.9 Å². The number of amides is 1. The number of carboxylic acids is 1. The number of nitriles is 1. The lowest BCUT2D eigenvalue weighted by molar-refractivity contribution is -0.146. The summed E-state index contributed by atoms with van der Waals surface area (Å²) in [5, 5.41) is 35.1. The SMILES string of the molecule is CC(=O)N[C@@H]1CCN(CCCOC2(COc3cc(OCc4cncc(C#N)c4)c(CNC(C)(CO)C(=O)O)cc3Cl)C=CC=C(c3ccccc3C)C2C)C1. The number of carbonyl (C=O) groups is 2. The average molecular weight is 772 g/mol. The summed E-state index contributed by atoms with van der Waals surface area (Å²) in [6.45, 7) is 9.75. The van der Waals surface area contributed by atoms with Crippen LogP contribution in [-0.2, 0) is 27.5 Å². The van der Waals surface area contributed by atoms with E-state index >= 15 is 0 Å². The Labute approximate surface area is 327 Å². The number of aliphatic hydroxyl groups is 1. The lowest BCUT2D eigenvalue weighted by Gasteiger charge is -2.40. The number of aromatic nitrogens is 1. The molecule has 292 valence electrons. The lowest BCUT2D eigenvalue weighted by atomic mass is 9.76. The van der Waals surface area contributed by atoms with Crippen molar-refractivity contribution < 1.29 is 34.0 Å². The highest BCUT2D eigenvalue weighted by molar-refractivity contribution is 6.32. The fourth-order valence-corrected chi connectivity index (χ4v) is 7.13. The molecule has 1 aliphatic heterocycles. The molecule has 1 aromatic heterocycles. The molecule has 3 aromatic rings. The van der Waals surface area contributed by atoms with Crippen LogP contribution in [0.5, 0.6) is 11.5 Å². The minimum absolute atomic E-state index is 0.00909. The van der Waals surface area contributed by atoms with Gasteiger partial charge in [0.05, 0.1) is 17.2 Å². The molecule has 0 radical (unpaired) electrons. The van der Waals surface area contributed by atoms with Crippen molar-refractivity contribution in [3.8, 4) is 17.6 Å². The Balaban J connectivity index is 1.39. The van der Waals surface area contributed by atoms with Crippen LogP contribution >= 0.6 is 11.6 Å². The van der Waals surface area contributed by atoms with Crippen molar-refractivity contribution in [3.05, 3.63) is 106 Å². The number of nitrogens with zero attached hydrogens (tertiary/aromatic N) is 3. The van der Waals surface area contributed by atoms with E-state index in [-0.39, 0.29) is 42.6 Å². The maximum absolute atomic E-state index is 11.9. The molecular formula is C42H50ClN5O7. The lowest BCUT2D eigenvalue weighted by Crippen LogP contribution is -2.52. The molecule has 5 rings (SSSR count). The van der Waals surface area contributed by atoms with Crippen LogP contribution in [0.3, 0.4) is 0 Å². The van der Waals surface area contributed by atoms with Crippen LogP contribution in [0.1, 0.15) is 61.4 Å². The first-order chi connectivity index (χ1) is 26.4. The van der Waals surface area contributed by atoms with Gasteiger partial charge >= 0.3 is 5.97 Å². The molecule has 2 heterocycles. The number of ether oxygens (including phenoxy) is 3. The predicted octanol–water partition coefficient (Wildman–Crippen LogP) is 5.44. The summed E-state index contributed by atoms with van der Waals surface area (Å²) in [6.07, 6.45) is 10.9. The second-order valence-electron chi connectivity index (χ2n) is 14.5. The normalized spacial score (nSPS) is 20.6. The molecule has 0 bridgehead atoms. The molecule has 4 N–H and O–H groups in total. The Hall–Kier alpha value is -4.77. The second-order valence-corrected chi connectivity index (χ2v) is 14.9. The number of carboxylic acid groups (broad SMARTS) is 1. The average Bonchev–Trinajstić information content (AvgIpc) is 3.62. The molecular weight excluding hydrogens is 722 g/mol. The van der Waals surface area contributed by atoms with E-state index in [0.29, 0.717) is 34.8 Å². The summed E-state index contributed by atoms with van der Waals surface area (Å²) in [5.41, 5.74) is 2.50. The van der Waals surface area contributed by atoms with Gasteiger partial charge in [-0.3, -0.25) is 19.9 Å². The number of aliphatic hydroxyl groups excluding tert-OH is 1. The zero-order valence-electron chi connectivity index (χ0n) is 31.8. The fraction of sp³-hybridized carbons (Fsp3) is 0.429. The van der Waals surface area contributed by atoms with Gasteiger partial charge < -0.3 is 34.6 Å². The molecule has 1 amide bonds. The quantitative estimate of drug-likeness (QED) is 0.122. The van der Waals surface area contributed by atoms with E-state index in [2.05, 4.69) is 58.6 Å². The summed E-state index contributed by atoms with van der Waals surface area (Å²) >= 11 is 6.87. The molecule has 1 fully saturated rings. The number of rotatable bonds is 18. The molecule has 3 unspecified atom stereocenters. The van der Waals surface area contributed by atoms with E-state index in [0.717, 1.165) is 49.2 Å². The third-order valence-electron chi connectivity index (χ3n) is 10.3. The Bertz CT molecular complexity index is 1950. The highest BCUT2D eigenvalue weighted by Gasteiger charge is 2.40. The van der Waals surface area contributed by atoms with Gasteiger partial charge in [0.15, 0.2) is 0 Å². The minimum atomic E-state index is -1.61. The van der Waals surface area contributed by atoms with Crippen LogP contribution in [0.15, 0.2) is 73.1 Å². The first kappa shape index (κ1) is 41.4. The van der Waals surface area contributed by atoms with Crippen molar-refractivity contribution >= 4 is 29.1 Å². The van der Waals surface area contributed by atoms with Gasteiger partial charge in [-0.15, -0.1) is 0 Å². The maximum atomic E-state index is 11.9. The highest BCUT2D eigenvalue weighted by atomic mass is 35.5. The Kier molecular flexibility index (Phi) is 14.1. The zero-order valence-corrected chi connectivity index (χ0v) is 32.6. The van der Waals surface area contributed by atoms with Crippen molar-refractivity contribution in [2.24, 2.45) is 5.92 Å². The summed E-state index contributed by atoms with van der Waals surface area (Å²) in [6, 6.07) is 15.5. The summed E-state index contributed by atoms with van der Waals surface area (Å²) < 4.78 is 19.6. The molecule has 0 spiro atoms. The second kappa shape index (κ2) is 18.7. The monoisotopic (exact) mass is 771 g/mol. The van der Waals surface area contributed by atoms with Gasteiger partial charge in [0, 0.05) is 81.3 Å². The van der Waals surface area contributed by atoms with Crippen LogP contribution in [0.4, 0.5) is 0 Å². The van der Waals surface area contributed by atoms with Crippen molar-refractivity contribution in [1.82, 2.24) is 20.5 Å². The molecule has 1 aliphatic carbocycles. The first-order valence-electron chi connectivity index (χ1n) is 18.5. The van der Waals surface area contributed by atoms with Gasteiger partial charge in [-0.2, -0.15) is 5.26 Å². The van der Waals surface area contributed by atoms with E-state index in [1.54, 1.807) is 31.3 Å². The largest absolute Gasteiger partial charge is 0.489 e. The zero-order chi connectivity index (χ0) is 39.6. The number of carbonyl (C=O) groups excluding carboxylic acids is 1. The molecule has 1 saturated heterocycles. The van der Waals surface area contributed by atoms with Crippen LogP contribution in [0.25, 0.3) is 5.57 Å². The number of hydrogen-bond donors (Lipinski definition) is 4. The van der Waals surface area contributed by atoms with Gasteiger partial charge in [-0.1, -0.05) is 54.9 Å². The Morgan fingerprint density at radius 3 is 2.71 bits per heavy atom. The van der Waals surface area contributed by atoms with Crippen LogP contribution in [0.2, 0.25) is 5.02 Å². The molecule has 2 aromatic carbocycles. The summed E-state index contributed by atoms with van der Waals surface area (Å²) in [5.74, 6) is -0.630.